The molecule has 0 aromatic heterocycles. The molecule has 0 radical (unpaired) electrons. The molecule has 10 nitrogen and oxygen atoms in total. The Morgan fingerprint density at radius 1 is 0.775 bits per heavy atom. The summed E-state index contributed by atoms with van der Waals surface area (Å²) in [5.74, 6) is -0.622. The number of rotatable bonds is 8. The van der Waals surface area contributed by atoms with Gasteiger partial charge >= 0.3 is 18.2 Å². The van der Waals surface area contributed by atoms with Crippen LogP contribution in [0.4, 0.5) is 21.0 Å². The quantitative estimate of drug-likeness (QED) is 0.158. The molecule has 0 bridgehead atoms. The monoisotopic (exact) mass is 596 g/mol. The summed E-state index contributed by atoms with van der Waals surface area (Å²) in [5, 5.41) is 0.779. The number of carbonyl (C=O) groups excluding carboxylic acids is 3. The SMILES string of the molecule is CC(=O)OCC(N(Cc1cc(Cl)ccc1N)C(=O)OC(C)(C)C)N(Cc1cc(Cl)ccc1N)C(=O)OC(C)(C)C. The van der Waals surface area contributed by atoms with Crippen LogP contribution >= 0.6 is 23.2 Å². The summed E-state index contributed by atoms with van der Waals surface area (Å²) >= 11 is 12.4. The summed E-state index contributed by atoms with van der Waals surface area (Å²) in [7, 11) is 0. The van der Waals surface area contributed by atoms with Gasteiger partial charge in [-0.1, -0.05) is 23.2 Å². The lowest BCUT2D eigenvalue weighted by molar-refractivity contribution is -0.145. The van der Waals surface area contributed by atoms with Gasteiger partial charge in [-0.25, -0.2) is 9.59 Å². The van der Waals surface area contributed by atoms with Crippen LogP contribution in [0, 0.1) is 0 Å². The van der Waals surface area contributed by atoms with E-state index in [4.69, 9.17) is 48.9 Å². The van der Waals surface area contributed by atoms with Crippen molar-refractivity contribution >= 4 is 52.7 Å². The second-order valence-corrected chi connectivity index (χ2v) is 12.1. The molecule has 220 valence electrons. The van der Waals surface area contributed by atoms with Crippen molar-refractivity contribution in [2.75, 3.05) is 18.1 Å². The molecule has 2 rings (SSSR count). The maximum Gasteiger partial charge on any atom is 0.412 e. The maximum absolute atomic E-state index is 13.7. The second-order valence-electron chi connectivity index (χ2n) is 11.2. The third-order valence-corrected chi connectivity index (χ3v) is 5.77. The first-order valence-electron chi connectivity index (χ1n) is 12.6. The van der Waals surface area contributed by atoms with E-state index in [0.29, 0.717) is 32.5 Å². The Bertz CT molecular complexity index is 1140. The van der Waals surface area contributed by atoms with E-state index in [-0.39, 0.29) is 13.1 Å². The number of esters is 1. The molecule has 0 aliphatic rings. The van der Waals surface area contributed by atoms with Crippen molar-refractivity contribution < 1.29 is 28.6 Å². The van der Waals surface area contributed by atoms with Crippen LogP contribution in [0.3, 0.4) is 0 Å². The van der Waals surface area contributed by atoms with Gasteiger partial charge < -0.3 is 25.7 Å². The number of halogens is 2. The highest BCUT2D eigenvalue weighted by Gasteiger charge is 2.38. The topological polar surface area (TPSA) is 137 Å². The standard InChI is InChI=1S/C28H38Cl2N4O6/c1-17(35)38-16-24(33(25(36)39-27(2,3)4)14-18-12-20(29)8-10-22(18)31)34(26(37)40-28(5,6)7)15-19-13-21(30)9-11-23(19)32/h8-13,24H,14-16,31-32H2,1-7H3. The highest BCUT2D eigenvalue weighted by atomic mass is 35.5. The molecule has 0 spiro atoms. The zero-order valence-corrected chi connectivity index (χ0v) is 25.4. The Balaban J connectivity index is 2.73. The van der Waals surface area contributed by atoms with Crippen LogP contribution in [-0.2, 0) is 32.1 Å². The van der Waals surface area contributed by atoms with Gasteiger partial charge in [-0.05, 0) is 89.1 Å². The van der Waals surface area contributed by atoms with E-state index in [0.717, 1.165) is 0 Å². The van der Waals surface area contributed by atoms with E-state index < -0.39 is 42.1 Å². The fourth-order valence-electron chi connectivity index (χ4n) is 3.55. The molecule has 4 N–H and O–H groups in total. The van der Waals surface area contributed by atoms with Crippen molar-refractivity contribution in [1.82, 2.24) is 9.80 Å². The summed E-state index contributed by atoms with van der Waals surface area (Å²) < 4.78 is 16.8. The lowest BCUT2D eigenvalue weighted by atomic mass is 10.1. The van der Waals surface area contributed by atoms with Gasteiger partial charge in [0, 0.05) is 28.3 Å². The number of hydrogen-bond donors (Lipinski definition) is 2. The minimum absolute atomic E-state index is 0.141. The summed E-state index contributed by atoms with van der Waals surface area (Å²) in [6, 6.07) is 9.63. The molecule has 0 saturated heterocycles. The fourth-order valence-corrected chi connectivity index (χ4v) is 3.94. The van der Waals surface area contributed by atoms with E-state index in [2.05, 4.69) is 0 Å². The van der Waals surface area contributed by atoms with E-state index in [9.17, 15) is 14.4 Å². The van der Waals surface area contributed by atoms with Gasteiger partial charge in [0.05, 0.1) is 13.1 Å². The van der Waals surface area contributed by atoms with Crippen LogP contribution in [0.15, 0.2) is 36.4 Å². The number of benzene rings is 2. The molecule has 0 unspecified atom stereocenters. The molecule has 2 amide bonds. The summed E-state index contributed by atoms with van der Waals surface area (Å²) in [4.78, 5) is 41.8. The van der Waals surface area contributed by atoms with E-state index in [1.165, 1.54) is 16.7 Å². The largest absolute Gasteiger partial charge is 0.462 e. The molecule has 2 aromatic rings. The number of ether oxygens (including phenoxy) is 3. The molecular formula is C28H38Cl2N4O6. The Hall–Kier alpha value is -3.37. The lowest BCUT2D eigenvalue weighted by Crippen LogP contribution is -2.56. The summed E-state index contributed by atoms with van der Waals surface area (Å²) in [5.41, 5.74) is 12.3. The van der Waals surface area contributed by atoms with Crippen molar-refractivity contribution in [2.45, 2.75) is 78.9 Å². The van der Waals surface area contributed by atoms with Gasteiger partial charge in [0.25, 0.3) is 0 Å². The number of nitrogens with two attached hydrogens (primary N) is 2. The van der Waals surface area contributed by atoms with Gasteiger partial charge in [0.15, 0.2) is 0 Å². The molecular weight excluding hydrogens is 559 g/mol. The first-order chi connectivity index (χ1) is 18.4. The van der Waals surface area contributed by atoms with Crippen molar-refractivity contribution in [3.05, 3.63) is 57.6 Å². The third kappa shape index (κ3) is 10.3. The summed E-state index contributed by atoms with van der Waals surface area (Å²) in [6.45, 7) is 10.8. The Morgan fingerprint density at radius 3 is 1.48 bits per heavy atom. The zero-order valence-electron chi connectivity index (χ0n) is 23.9. The van der Waals surface area contributed by atoms with Crippen molar-refractivity contribution in [3.8, 4) is 0 Å². The molecule has 0 heterocycles. The van der Waals surface area contributed by atoms with Gasteiger partial charge in [0.1, 0.15) is 24.0 Å². The lowest BCUT2D eigenvalue weighted by Gasteiger charge is -2.40. The van der Waals surface area contributed by atoms with E-state index in [1.54, 1.807) is 77.9 Å². The van der Waals surface area contributed by atoms with Gasteiger partial charge in [-0.3, -0.25) is 14.6 Å². The number of nitrogen functional groups attached to an aromatic ring is 2. The number of nitrogens with zero attached hydrogens (tertiary/aromatic N) is 2. The average molecular weight is 598 g/mol. The van der Waals surface area contributed by atoms with E-state index in [1.807, 2.05) is 0 Å². The molecule has 2 aromatic carbocycles. The molecule has 12 heteroatoms. The highest BCUT2D eigenvalue weighted by Crippen LogP contribution is 2.27. The molecule has 0 fully saturated rings. The van der Waals surface area contributed by atoms with Crippen LogP contribution in [0.5, 0.6) is 0 Å². The highest BCUT2D eigenvalue weighted by molar-refractivity contribution is 6.31. The van der Waals surface area contributed by atoms with E-state index >= 15 is 0 Å². The number of carbonyl (C=O) groups is 3. The molecule has 0 aliphatic heterocycles. The van der Waals surface area contributed by atoms with Gasteiger partial charge in [-0.15, -0.1) is 0 Å². The third-order valence-electron chi connectivity index (χ3n) is 5.30. The maximum atomic E-state index is 13.7. The molecule has 40 heavy (non-hydrogen) atoms. The van der Waals surface area contributed by atoms with Crippen molar-refractivity contribution in [2.24, 2.45) is 0 Å². The van der Waals surface area contributed by atoms with Gasteiger partial charge in [-0.2, -0.15) is 0 Å². The number of anilines is 2. The van der Waals surface area contributed by atoms with Crippen LogP contribution in [0.2, 0.25) is 10.0 Å². The van der Waals surface area contributed by atoms with Crippen LogP contribution in [0.1, 0.15) is 59.6 Å². The number of amides is 2. The number of hydrogen-bond acceptors (Lipinski definition) is 8. The summed E-state index contributed by atoms with van der Waals surface area (Å²) in [6.07, 6.45) is -2.81. The Labute approximate surface area is 245 Å². The Kier molecular flexibility index (Phi) is 10.9. The van der Waals surface area contributed by atoms with Crippen molar-refractivity contribution in [1.29, 1.82) is 0 Å². The van der Waals surface area contributed by atoms with Crippen molar-refractivity contribution in [3.63, 3.8) is 0 Å². The van der Waals surface area contributed by atoms with Crippen LogP contribution in [-0.4, -0.2) is 51.9 Å². The van der Waals surface area contributed by atoms with Crippen LogP contribution in [0.25, 0.3) is 0 Å². The predicted octanol–water partition coefficient (Wildman–Crippen LogP) is 6.22. The molecule has 0 atom stereocenters. The normalized spacial score (nSPS) is 11.7. The second kappa shape index (κ2) is 13.3. The van der Waals surface area contributed by atoms with Crippen LogP contribution < -0.4 is 11.5 Å². The smallest absolute Gasteiger partial charge is 0.412 e. The fraction of sp³-hybridized carbons (Fsp3) is 0.464. The average Bonchev–Trinajstić information content (AvgIpc) is 2.79. The molecule has 0 saturated carbocycles. The first-order valence-corrected chi connectivity index (χ1v) is 13.3. The van der Waals surface area contributed by atoms with Gasteiger partial charge in [0.2, 0.25) is 0 Å². The zero-order chi connectivity index (χ0) is 30.4. The minimum Gasteiger partial charge on any atom is -0.462 e. The predicted molar refractivity (Wildman–Crippen MR) is 156 cm³/mol. The minimum atomic E-state index is -1.22. The Morgan fingerprint density at radius 2 is 1.15 bits per heavy atom. The first kappa shape index (κ1) is 32.8. The molecule has 0 aliphatic carbocycles.